The molecule has 4 fully saturated rings. The Morgan fingerprint density at radius 2 is 1.51 bits per heavy atom. The van der Waals surface area contributed by atoms with E-state index >= 15 is 0 Å². The fourth-order valence-corrected chi connectivity index (χ4v) is 11.5. The number of imide groups is 2. The van der Waals surface area contributed by atoms with Crippen molar-refractivity contribution in [1.29, 1.82) is 5.26 Å². The number of nitrogens with one attached hydrogen (secondary N) is 2. The predicted octanol–water partition coefficient (Wildman–Crippen LogP) is 3.99. The molecular formula is C51H61ClN10O9. The zero-order chi connectivity index (χ0) is 50.9. The van der Waals surface area contributed by atoms with Gasteiger partial charge in [0.1, 0.15) is 30.6 Å². The number of halogens is 1. The van der Waals surface area contributed by atoms with E-state index in [0.29, 0.717) is 27.8 Å². The van der Waals surface area contributed by atoms with Crippen molar-refractivity contribution in [1.82, 2.24) is 30.2 Å². The van der Waals surface area contributed by atoms with Crippen molar-refractivity contribution in [2.24, 2.45) is 22.5 Å². The van der Waals surface area contributed by atoms with Crippen LogP contribution >= 0.6 is 11.6 Å². The maximum absolute atomic E-state index is 13.9. The minimum absolute atomic E-state index is 0.0847. The number of nitrogens with zero attached hydrogens (tertiary/aromatic N) is 7. The number of benzene rings is 3. The second-order valence-electron chi connectivity index (χ2n) is 20.2. The van der Waals surface area contributed by atoms with E-state index in [1.54, 1.807) is 30.3 Å². The van der Waals surface area contributed by atoms with Crippen LogP contribution in [-0.2, 0) is 14.4 Å². The van der Waals surface area contributed by atoms with Gasteiger partial charge in [0.2, 0.25) is 11.8 Å². The van der Waals surface area contributed by atoms with Crippen LogP contribution in [0.25, 0.3) is 0 Å². The third-order valence-corrected chi connectivity index (χ3v) is 15.3. The topological polar surface area (TPSA) is 242 Å². The van der Waals surface area contributed by atoms with Gasteiger partial charge in [-0.15, -0.1) is 0 Å². The van der Waals surface area contributed by atoms with Gasteiger partial charge in [-0.1, -0.05) is 39.3 Å². The highest BCUT2D eigenvalue weighted by molar-refractivity contribution is 6.31. The molecule has 3 saturated heterocycles. The molecule has 7 amide bonds. The van der Waals surface area contributed by atoms with Gasteiger partial charge in [-0.3, -0.25) is 48.4 Å². The highest BCUT2D eigenvalue weighted by Gasteiger charge is 2.64. The van der Waals surface area contributed by atoms with Gasteiger partial charge in [-0.05, 0) is 79.8 Å². The molecule has 4 aliphatic heterocycles. The number of carbonyl (C=O) groups excluding carboxylic acids is 6. The number of piperazine rings is 1. The monoisotopic (exact) mass is 992 g/mol. The van der Waals surface area contributed by atoms with Crippen LogP contribution < -0.4 is 30.9 Å². The standard InChI is InChI=1S/C51H61ClN10O9/c1-50(2)47(51(3,4)48(50)71-36-11-7-33(27-53)39(52)26-36)56-43(65)32-5-8-34(9-6-32)58-18-15-31(16-19-58)29-57-21-23-59(24-22-57)35-10-12-37-38(25-35)45(67)62(44(37)66)40-13-14-42(64)61(46(40)68)30-60(49(69)70)20-17-55-41(63)28-54/h5-12,25-26,31,40,47-48H,13-24,28-30,54H2,1-4H3,(H,55,63)(H,56,65)(H,69,70)/t40?,47-,48-. The van der Waals surface area contributed by atoms with Crippen LogP contribution in [0, 0.1) is 28.1 Å². The molecule has 0 aromatic heterocycles. The SMILES string of the molecule is CC1(C)[C@H](NC(=O)c2ccc(N3CCC(CN4CCN(c5ccc6c(c5)C(=O)N(C5CCC(=O)N(CN(CCNC(=O)CN)C(=O)O)C5=O)C6=O)CC4)CC3)cc2)C(C)(C)[C@H]1Oc1ccc(C#N)c(Cl)c1. The van der Waals surface area contributed by atoms with Crippen molar-refractivity contribution in [2.75, 3.05) is 81.9 Å². The largest absolute Gasteiger partial charge is 0.489 e. The first-order chi connectivity index (χ1) is 33.8. The van der Waals surface area contributed by atoms with Crippen LogP contribution in [0.2, 0.25) is 5.02 Å². The van der Waals surface area contributed by atoms with Gasteiger partial charge in [0.25, 0.3) is 23.6 Å². The number of hydrogen-bond donors (Lipinski definition) is 4. The Morgan fingerprint density at radius 1 is 0.859 bits per heavy atom. The number of nitrogens with two attached hydrogens (primary N) is 1. The molecule has 1 unspecified atom stereocenters. The summed E-state index contributed by atoms with van der Waals surface area (Å²) in [6.07, 6.45) is 0.177. The lowest BCUT2D eigenvalue weighted by molar-refractivity contribution is -0.164. The lowest BCUT2D eigenvalue weighted by Crippen LogP contribution is -2.74. The number of ether oxygens (including phenoxy) is 1. The summed E-state index contributed by atoms with van der Waals surface area (Å²) >= 11 is 6.26. The Labute approximate surface area is 417 Å². The molecular weight excluding hydrogens is 932 g/mol. The van der Waals surface area contributed by atoms with Crippen LogP contribution in [0.15, 0.2) is 60.7 Å². The Hall–Kier alpha value is -6.75. The number of carboxylic acid groups (broad SMARTS) is 1. The van der Waals surface area contributed by atoms with Crippen LogP contribution in [0.3, 0.4) is 0 Å². The lowest BCUT2D eigenvalue weighted by atomic mass is 9.49. The molecule has 0 spiro atoms. The first-order valence-corrected chi connectivity index (χ1v) is 24.5. The van der Waals surface area contributed by atoms with E-state index in [9.17, 15) is 43.9 Å². The predicted molar refractivity (Wildman–Crippen MR) is 263 cm³/mol. The summed E-state index contributed by atoms with van der Waals surface area (Å²) in [5.41, 5.74) is 7.72. The number of fused-ring (bicyclic) bond motifs is 1. The highest BCUT2D eigenvalue weighted by atomic mass is 35.5. The van der Waals surface area contributed by atoms with Gasteiger partial charge in [-0.2, -0.15) is 5.26 Å². The molecule has 5 N–H and O–H groups in total. The lowest BCUT2D eigenvalue weighted by Gasteiger charge is -2.63. The van der Waals surface area contributed by atoms with Crippen molar-refractivity contribution >= 4 is 64.5 Å². The first kappa shape index (κ1) is 50.6. The van der Waals surface area contributed by atoms with Crippen molar-refractivity contribution < 1.29 is 43.4 Å². The fraction of sp³-hybridized carbons (Fsp3) is 0.490. The number of anilines is 2. The summed E-state index contributed by atoms with van der Waals surface area (Å²) in [6, 6.07) is 18.6. The van der Waals surface area contributed by atoms with E-state index in [0.717, 1.165) is 84.7 Å². The molecule has 8 rings (SSSR count). The fourth-order valence-electron chi connectivity index (χ4n) is 11.3. The van der Waals surface area contributed by atoms with Gasteiger partial charge < -0.3 is 36.0 Å². The van der Waals surface area contributed by atoms with Crippen molar-refractivity contribution in [3.63, 3.8) is 0 Å². The average molecular weight is 994 g/mol. The molecule has 0 radical (unpaired) electrons. The summed E-state index contributed by atoms with van der Waals surface area (Å²) in [5, 5.41) is 25.0. The van der Waals surface area contributed by atoms with E-state index in [-0.39, 0.29) is 72.5 Å². The molecule has 5 aliphatic rings. The first-order valence-electron chi connectivity index (χ1n) is 24.1. The van der Waals surface area contributed by atoms with Crippen molar-refractivity contribution in [3.8, 4) is 11.8 Å². The second-order valence-corrected chi connectivity index (χ2v) is 20.6. The maximum atomic E-state index is 13.9. The Morgan fingerprint density at radius 3 is 2.14 bits per heavy atom. The molecule has 20 heteroatoms. The number of piperidine rings is 2. The third-order valence-electron chi connectivity index (χ3n) is 15.0. The Kier molecular flexibility index (Phi) is 14.6. The summed E-state index contributed by atoms with van der Waals surface area (Å²) in [6.45, 7) is 12.9. The van der Waals surface area contributed by atoms with E-state index < -0.39 is 48.3 Å². The highest BCUT2D eigenvalue weighted by Crippen LogP contribution is 2.55. The molecule has 1 aliphatic carbocycles. The van der Waals surface area contributed by atoms with Gasteiger partial charge in [0.15, 0.2) is 0 Å². The smallest absolute Gasteiger partial charge is 0.408 e. The third kappa shape index (κ3) is 10.2. The molecule has 3 aromatic carbocycles. The normalized spacial score (nSPS) is 22.1. The number of likely N-dealkylation sites (tertiary alicyclic amines) is 1. The summed E-state index contributed by atoms with van der Waals surface area (Å²) < 4.78 is 6.39. The number of amides is 7. The average Bonchev–Trinajstić information content (AvgIpc) is 3.60. The minimum Gasteiger partial charge on any atom is -0.489 e. The second kappa shape index (κ2) is 20.5. The summed E-state index contributed by atoms with van der Waals surface area (Å²) in [5.74, 6) is -2.29. The van der Waals surface area contributed by atoms with Gasteiger partial charge >= 0.3 is 6.09 Å². The molecule has 0 bridgehead atoms. The zero-order valence-corrected chi connectivity index (χ0v) is 41.2. The molecule has 1 saturated carbocycles. The van der Waals surface area contributed by atoms with E-state index in [2.05, 4.69) is 59.1 Å². The number of hydrogen-bond acceptors (Lipinski definition) is 13. The van der Waals surface area contributed by atoms with Crippen LogP contribution in [-0.4, -0.2) is 157 Å². The summed E-state index contributed by atoms with van der Waals surface area (Å²) in [4.78, 5) is 101. The quantitative estimate of drug-likeness (QED) is 0.158. The van der Waals surface area contributed by atoms with E-state index in [1.807, 2.05) is 30.3 Å². The van der Waals surface area contributed by atoms with Crippen molar-refractivity contribution in [3.05, 3.63) is 87.9 Å². The number of nitriles is 1. The van der Waals surface area contributed by atoms with E-state index in [4.69, 9.17) is 22.1 Å². The maximum Gasteiger partial charge on any atom is 0.408 e. The Balaban J connectivity index is 0.788. The molecule has 71 heavy (non-hydrogen) atoms. The van der Waals surface area contributed by atoms with Crippen LogP contribution in [0.1, 0.15) is 90.0 Å². The molecule has 3 aromatic rings. The number of carbonyl (C=O) groups is 7. The zero-order valence-electron chi connectivity index (χ0n) is 40.5. The van der Waals surface area contributed by atoms with Gasteiger partial charge in [0.05, 0.1) is 28.3 Å². The van der Waals surface area contributed by atoms with Crippen LogP contribution in [0.4, 0.5) is 16.2 Å². The van der Waals surface area contributed by atoms with Gasteiger partial charge in [-0.25, -0.2) is 4.79 Å². The van der Waals surface area contributed by atoms with Crippen LogP contribution in [0.5, 0.6) is 5.75 Å². The van der Waals surface area contributed by atoms with Gasteiger partial charge in [0, 0.05) is 105 Å². The molecule has 4 heterocycles. The molecule has 19 nitrogen and oxygen atoms in total. The molecule has 1 atom stereocenters. The Bertz CT molecular complexity index is 2620. The summed E-state index contributed by atoms with van der Waals surface area (Å²) in [7, 11) is 0. The van der Waals surface area contributed by atoms with E-state index in [1.165, 1.54) is 0 Å². The number of rotatable bonds is 15. The minimum atomic E-state index is -1.43. The molecule has 376 valence electrons. The van der Waals surface area contributed by atoms with Crippen molar-refractivity contribution in [2.45, 2.75) is 71.6 Å².